The molecular formula is C11H14FNO. The quantitative estimate of drug-likeness (QED) is 0.791. The fourth-order valence-electron chi connectivity index (χ4n) is 1.71. The van der Waals surface area contributed by atoms with E-state index in [2.05, 4.69) is 5.32 Å². The van der Waals surface area contributed by atoms with Crippen molar-refractivity contribution in [3.8, 4) is 5.75 Å². The highest BCUT2D eigenvalue weighted by Crippen LogP contribution is 2.25. The van der Waals surface area contributed by atoms with E-state index in [4.69, 9.17) is 4.74 Å². The van der Waals surface area contributed by atoms with E-state index < -0.39 is 0 Å². The molecule has 3 heteroatoms. The van der Waals surface area contributed by atoms with Crippen LogP contribution in [0.4, 0.5) is 4.39 Å². The van der Waals surface area contributed by atoms with Gasteiger partial charge < -0.3 is 10.1 Å². The van der Waals surface area contributed by atoms with E-state index >= 15 is 0 Å². The molecule has 0 amide bonds. The number of benzene rings is 1. The lowest BCUT2D eigenvalue weighted by Gasteiger charge is -2.27. The maximum atomic E-state index is 13.5. The van der Waals surface area contributed by atoms with Crippen molar-refractivity contribution < 1.29 is 9.13 Å². The molecule has 0 aliphatic carbocycles. The van der Waals surface area contributed by atoms with Crippen LogP contribution in [-0.4, -0.2) is 20.2 Å². The standard InChI is InChI=1S/C11H14FNO/c1-14-11-4-2-3-10(12)9(11)5-8-6-13-7-8/h2-4,8,13H,5-7H2,1H3. The van der Waals surface area contributed by atoms with Crippen LogP contribution in [0.25, 0.3) is 0 Å². The summed E-state index contributed by atoms with van der Waals surface area (Å²) in [5.74, 6) is 1.06. The summed E-state index contributed by atoms with van der Waals surface area (Å²) in [6.07, 6.45) is 0.767. The topological polar surface area (TPSA) is 21.3 Å². The minimum atomic E-state index is -0.156. The van der Waals surface area contributed by atoms with Gasteiger partial charge in [0, 0.05) is 5.56 Å². The monoisotopic (exact) mass is 195 g/mol. The lowest BCUT2D eigenvalue weighted by Crippen LogP contribution is -2.43. The highest BCUT2D eigenvalue weighted by atomic mass is 19.1. The van der Waals surface area contributed by atoms with E-state index in [1.54, 1.807) is 13.2 Å². The van der Waals surface area contributed by atoms with Gasteiger partial charge in [-0.05, 0) is 37.6 Å². The molecule has 0 aromatic heterocycles. The van der Waals surface area contributed by atoms with E-state index in [1.807, 2.05) is 6.07 Å². The summed E-state index contributed by atoms with van der Waals surface area (Å²) in [6, 6.07) is 4.98. The number of ether oxygens (including phenoxy) is 1. The number of nitrogens with one attached hydrogen (secondary N) is 1. The average molecular weight is 195 g/mol. The fraction of sp³-hybridized carbons (Fsp3) is 0.455. The molecule has 0 bridgehead atoms. The normalized spacial score (nSPS) is 16.4. The van der Waals surface area contributed by atoms with Crippen LogP contribution in [0.5, 0.6) is 5.75 Å². The van der Waals surface area contributed by atoms with Gasteiger partial charge in [-0.25, -0.2) is 4.39 Å². The lowest BCUT2D eigenvalue weighted by atomic mass is 9.93. The van der Waals surface area contributed by atoms with Gasteiger partial charge in [0.2, 0.25) is 0 Å². The molecule has 2 rings (SSSR count). The molecule has 1 saturated heterocycles. The first-order valence-corrected chi connectivity index (χ1v) is 4.83. The van der Waals surface area contributed by atoms with Crippen molar-refractivity contribution in [1.82, 2.24) is 5.32 Å². The number of hydrogen-bond donors (Lipinski definition) is 1. The van der Waals surface area contributed by atoms with Crippen LogP contribution in [0.3, 0.4) is 0 Å². The molecule has 76 valence electrons. The molecule has 0 unspecified atom stereocenters. The van der Waals surface area contributed by atoms with E-state index in [1.165, 1.54) is 6.07 Å². The Bertz CT molecular complexity index is 323. The Morgan fingerprint density at radius 1 is 1.50 bits per heavy atom. The second kappa shape index (κ2) is 3.96. The van der Waals surface area contributed by atoms with Crippen molar-refractivity contribution >= 4 is 0 Å². The van der Waals surface area contributed by atoms with Gasteiger partial charge in [-0.2, -0.15) is 0 Å². The molecule has 0 radical (unpaired) electrons. The molecular weight excluding hydrogens is 181 g/mol. The van der Waals surface area contributed by atoms with E-state index in [9.17, 15) is 4.39 Å². The Labute approximate surface area is 83.1 Å². The van der Waals surface area contributed by atoms with Gasteiger partial charge in [0.05, 0.1) is 7.11 Å². The van der Waals surface area contributed by atoms with Gasteiger partial charge >= 0.3 is 0 Å². The molecule has 1 fully saturated rings. The van der Waals surface area contributed by atoms with Gasteiger partial charge in [0.15, 0.2) is 0 Å². The van der Waals surface area contributed by atoms with Crippen LogP contribution < -0.4 is 10.1 Å². The molecule has 0 spiro atoms. The second-order valence-corrected chi connectivity index (χ2v) is 3.65. The number of rotatable bonds is 3. The number of hydrogen-bond acceptors (Lipinski definition) is 2. The predicted molar refractivity (Wildman–Crippen MR) is 53.0 cm³/mol. The average Bonchev–Trinajstić information content (AvgIpc) is 2.12. The fourth-order valence-corrected chi connectivity index (χ4v) is 1.71. The summed E-state index contributed by atoms with van der Waals surface area (Å²) in [4.78, 5) is 0. The van der Waals surface area contributed by atoms with Crippen molar-refractivity contribution in [3.63, 3.8) is 0 Å². The van der Waals surface area contributed by atoms with Crippen LogP contribution in [-0.2, 0) is 6.42 Å². The van der Waals surface area contributed by atoms with Crippen molar-refractivity contribution in [2.75, 3.05) is 20.2 Å². The summed E-state index contributed by atoms with van der Waals surface area (Å²) in [7, 11) is 1.58. The molecule has 1 heterocycles. The van der Waals surface area contributed by atoms with Crippen LogP contribution in [0.1, 0.15) is 5.56 Å². The predicted octanol–water partition coefficient (Wildman–Crippen LogP) is 1.60. The zero-order valence-corrected chi connectivity index (χ0v) is 8.22. The Morgan fingerprint density at radius 2 is 2.29 bits per heavy atom. The summed E-state index contributed by atoms with van der Waals surface area (Å²) >= 11 is 0. The first-order valence-electron chi connectivity index (χ1n) is 4.83. The second-order valence-electron chi connectivity index (χ2n) is 3.65. The SMILES string of the molecule is COc1cccc(F)c1CC1CNC1. The molecule has 1 aliphatic rings. The smallest absolute Gasteiger partial charge is 0.130 e. The van der Waals surface area contributed by atoms with Gasteiger partial charge in [0.25, 0.3) is 0 Å². The van der Waals surface area contributed by atoms with E-state index in [0.29, 0.717) is 17.2 Å². The van der Waals surface area contributed by atoms with Crippen LogP contribution in [0, 0.1) is 11.7 Å². The Morgan fingerprint density at radius 3 is 2.86 bits per heavy atom. The first-order chi connectivity index (χ1) is 6.81. The highest BCUT2D eigenvalue weighted by molar-refractivity contribution is 5.35. The largest absolute Gasteiger partial charge is 0.496 e. The molecule has 1 aromatic rings. The summed E-state index contributed by atoms with van der Waals surface area (Å²) in [5, 5.41) is 3.18. The summed E-state index contributed by atoms with van der Waals surface area (Å²) in [6.45, 7) is 1.97. The molecule has 0 saturated carbocycles. The van der Waals surface area contributed by atoms with E-state index in [0.717, 1.165) is 19.5 Å². The molecule has 14 heavy (non-hydrogen) atoms. The van der Waals surface area contributed by atoms with Crippen molar-refractivity contribution in [3.05, 3.63) is 29.6 Å². The van der Waals surface area contributed by atoms with Gasteiger partial charge in [-0.15, -0.1) is 0 Å². The Kier molecular flexibility index (Phi) is 2.68. The molecule has 1 aromatic carbocycles. The lowest BCUT2D eigenvalue weighted by molar-refractivity contribution is 0.333. The van der Waals surface area contributed by atoms with Crippen molar-refractivity contribution in [1.29, 1.82) is 0 Å². The number of methoxy groups -OCH3 is 1. The van der Waals surface area contributed by atoms with Crippen LogP contribution in [0.15, 0.2) is 18.2 Å². The minimum Gasteiger partial charge on any atom is -0.496 e. The molecule has 1 aliphatic heterocycles. The van der Waals surface area contributed by atoms with Gasteiger partial charge in [-0.3, -0.25) is 0 Å². The van der Waals surface area contributed by atoms with Crippen molar-refractivity contribution in [2.45, 2.75) is 6.42 Å². The molecule has 2 nitrogen and oxygen atoms in total. The Balaban J connectivity index is 2.19. The Hall–Kier alpha value is -1.09. The third kappa shape index (κ3) is 1.73. The third-order valence-corrected chi connectivity index (χ3v) is 2.65. The van der Waals surface area contributed by atoms with E-state index in [-0.39, 0.29) is 5.82 Å². The van der Waals surface area contributed by atoms with Crippen LogP contribution in [0.2, 0.25) is 0 Å². The van der Waals surface area contributed by atoms with Gasteiger partial charge in [0.1, 0.15) is 11.6 Å². The zero-order valence-electron chi connectivity index (χ0n) is 8.22. The number of halogens is 1. The summed E-state index contributed by atoms with van der Waals surface area (Å²) in [5.41, 5.74) is 0.710. The minimum absolute atomic E-state index is 0.156. The summed E-state index contributed by atoms with van der Waals surface area (Å²) < 4.78 is 18.6. The molecule has 0 atom stereocenters. The van der Waals surface area contributed by atoms with Crippen molar-refractivity contribution in [2.24, 2.45) is 5.92 Å². The maximum Gasteiger partial charge on any atom is 0.130 e. The maximum absolute atomic E-state index is 13.5. The molecule has 1 N–H and O–H groups in total. The highest BCUT2D eigenvalue weighted by Gasteiger charge is 2.20. The third-order valence-electron chi connectivity index (χ3n) is 2.65. The van der Waals surface area contributed by atoms with Gasteiger partial charge in [-0.1, -0.05) is 6.07 Å². The zero-order chi connectivity index (χ0) is 9.97. The first kappa shape index (κ1) is 9.46. The van der Waals surface area contributed by atoms with Crippen LogP contribution >= 0.6 is 0 Å².